The van der Waals surface area contributed by atoms with Crippen molar-refractivity contribution in [3.63, 3.8) is 0 Å². The molecule has 11 heteroatoms. The number of hydrogen-bond donors (Lipinski definition) is 2. The molecule has 0 aliphatic heterocycles. The predicted octanol–water partition coefficient (Wildman–Crippen LogP) is 1.26. The number of aryl methyl sites for hydroxylation is 1. The molecule has 6 nitrogen and oxygen atoms in total. The third kappa shape index (κ3) is 3.75. The highest BCUT2D eigenvalue weighted by Gasteiger charge is 2.26. The van der Waals surface area contributed by atoms with Crippen molar-refractivity contribution in [1.82, 2.24) is 0 Å². The molecule has 0 spiro atoms. The van der Waals surface area contributed by atoms with Crippen molar-refractivity contribution < 1.29 is 25.6 Å². The number of benzene rings is 1. The van der Waals surface area contributed by atoms with E-state index in [2.05, 4.69) is 0 Å². The van der Waals surface area contributed by atoms with Gasteiger partial charge in [0.1, 0.15) is 0 Å². The van der Waals surface area contributed by atoms with Crippen LogP contribution in [0.4, 0.5) is 14.5 Å². The van der Waals surface area contributed by atoms with Crippen LogP contribution in [0.25, 0.3) is 0 Å². The minimum Gasteiger partial charge on any atom is -0.277 e. The Morgan fingerprint density at radius 2 is 1.79 bits per heavy atom. The molecule has 0 aromatic heterocycles. The molecular weight excluding hydrogens is 326 g/mol. The van der Waals surface area contributed by atoms with Gasteiger partial charge in [-0.3, -0.25) is 4.72 Å². The average molecular weight is 335 g/mol. The number of halogens is 3. The Morgan fingerprint density at radius 1 is 1.26 bits per heavy atom. The molecule has 1 aromatic carbocycles. The summed E-state index contributed by atoms with van der Waals surface area (Å²) in [6, 6.07) is 1.89. The lowest BCUT2D eigenvalue weighted by Crippen LogP contribution is -2.21. The molecule has 1 aromatic rings. The Kier molecular flexibility index (Phi) is 4.40. The van der Waals surface area contributed by atoms with Gasteiger partial charge >= 0.3 is 5.76 Å². The average Bonchev–Trinajstić information content (AvgIpc) is 2.21. The molecule has 0 aliphatic carbocycles. The molecule has 0 unspecified atom stereocenters. The molecule has 1 rings (SSSR count). The number of sulfonamides is 2. The fourth-order valence-corrected chi connectivity index (χ4v) is 2.90. The van der Waals surface area contributed by atoms with Crippen LogP contribution in [0.2, 0.25) is 5.02 Å². The highest BCUT2D eigenvalue weighted by molar-refractivity contribution is 7.93. The molecule has 0 atom stereocenters. The summed E-state index contributed by atoms with van der Waals surface area (Å²) in [6.07, 6.45) is 0. The topological polar surface area (TPSA) is 106 Å². The van der Waals surface area contributed by atoms with Gasteiger partial charge in [-0.05, 0) is 24.6 Å². The highest BCUT2D eigenvalue weighted by atomic mass is 35.5. The number of rotatable bonds is 4. The Balaban J connectivity index is 3.35. The molecule has 0 fully saturated rings. The number of nitrogens with two attached hydrogens (primary N) is 1. The Hall–Kier alpha value is -0.970. The van der Waals surface area contributed by atoms with E-state index < -0.39 is 25.8 Å². The summed E-state index contributed by atoms with van der Waals surface area (Å²) in [4.78, 5) is -0.352. The lowest BCUT2D eigenvalue weighted by molar-refractivity contribution is 0.236. The summed E-state index contributed by atoms with van der Waals surface area (Å²) < 4.78 is 70.3. The van der Waals surface area contributed by atoms with Crippen LogP contribution in [-0.4, -0.2) is 22.6 Å². The normalized spacial score (nSPS) is 12.7. The van der Waals surface area contributed by atoms with Gasteiger partial charge in [-0.25, -0.2) is 22.0 Å². The van der Waals surface area contributed by atoms with Crippen molar-refractivity contribution in [3.05, 3.63) is 22.7 Å². The lowest BCUT2D eigenvalue weighted by Gasteiger charge is -2.12. The fraction of sp³-hybridized carbons (Fsp3) is 0.250. The molecule has 0 bridgehead atoms. The first-order valence-corrected chi connectivity index (χ1v) is 8.05. The largest absolute Gasteiger partial charge is 0.355 e. The summed E-state index contributed by atoms with van der Waals surface area (Å²) in [5.41, 5.74) is -0.282. The summed E-state index contributed by atoms with van der Waals surface area (Å²) in [6.45, 7) is 1.30. The zero-order valence-corrected chi connectivity index (χ0v) is 11.8. The number of alkyl halides is 2. The second kappa shape index (κ2) is 5.19. The van der Waals surface area contributed by atoms with E-state index in [1.54, 1.807) is 4.72 Å². The first-order valence-electron chi connectivity index (χ1n) is 4.58. The van der Waals surface area contributed by atoms with E-state index in [-0.39, 0.29) is 21.2 Å². The Labute approximate surface area is 113 Å². The van der Waals surface area contributed by atoms with Crippen molar-refractivity contribution in [2.24, 2.45) is 5.14 Å². The Bertz CT molecular complexity index is 680. The van der Waals surface area contributed by atoms with E-state index in [4.69, 9.17) is 16.7 Å². The molecule has 0 radical (unpaired) electrons. The molecule has 0 saturated heterocycles. The van der Waals surface area contributed by atoms with Gasteiger partial charge in [-0.2, -0.15) is 8.78 Å². The van der Waals surface area contributed by atoms with Crippen LogP contribution in [-0.2, 0) is 20.0 Å². The van der Waals surface area contributed by atoms with Gasteiger partial charge in [0.2, 0.25) is 10.0 Å². The van der Waals surface area contributed by atoms with E-state index >= 15 is 0 Å². The van der Waals surface area contributed by atoms with Crippen LogP contribution in [0, 0.1) is 6.92 Å². The van der Waals surface area contributed by atoms with Crippen LogP contribution in [0.3, 0.4) is 0 Å². The van der Waals surface area contributed by atoms with Crippen LogP contribution in [0.1, 0.15) is 5.56 Å². The quantitative estimate of drug-likeness (QED) is 0.864. The van der Waals surface area contributed by atoms with Gasteiger partial charge in [0.05, 0.1) is 15.6 Å². The van der Waals surface area contributed by atoms with Crippen LogP contribution in [0.5, 0.6) is 0 Å². The van der Waals surface area contributed by atoms with Crippen molar-refractivity contribution in [1.29, 1.82) is 0 Å². The molecule has 19 heavy (non-hydrogen) atoms. The Morgan fingerprint density at radius 3 is 2.16 bits per heavy atom. The molecule has 0 aliphatic rings. The third-order valence-corrected chi connectivity index (χ3v) is 4.22. The highest BCUT2D eigenvalue weighted by Crippen LogP contribution is 2.30. The first kappa shape index (κ1) is 16.1. The zero-order valence-electron chi connectivity index (χ0n) is 9.39. The van der Waals surface area contributed by atoms with E-state index in [1.807, 2.05) is 0 Å². The smallest absolute Gasteiger partial charge is 0.277 e. The predicted molar refractivity (Wildman–Crippen MR) is 66.1 cm³/mol. The maximum absolute atomic E-state index is 12.2. The molecule has 3 N–H and O–H groups in total. The van der Waals surface area contributed by atoms with Gasteiger partial charge in [0.25, 0.3) is 10.0 Å². The van der Waals surface area contributed by atoms with Gasteiger partial charge in [-0.15, -0.1) is 0 Å². The van der Waals surface area contributed by atoms with Crippen molar-refractivity contribution >= 4 is 37.3 Å². The van der Waals surface area contributed by atoms with Gasteiger partial charge in [0, 0.05) is 0 Å². The van der Waals surface area contributed by atoms with E-state index in [0.29, 0.717) is 0 Å². The maximum atomic E-state index is 12.2. The minimum atomic E-state index is -4.89. The SMILES string of the molecule is Cc1cc(S(N)(=O)=O)cc(Cl)c1NS(=O)(=O)C(F)F. The molecule has 0 amide bonds. The molecule has 108 valence electrons. The van der Waals surface area contributed by atoms with Crippen LogP contribution < -0.4 is 9.86 Å². The molecule has 0 saturated carbocycles. The van der Waals surface area contributed by atoms with Crippen molar-refractivity contribution in [3.8, 4) is 0 Å². The van der Waals surface area contributed by atoms with Gasteiger partial charge < -0.3 is 0 Å². The number of nitrogens with one attached hydrogen (secondary N) is 1. The third-order valence-electron chi connectivity index (χ3n) is 2.07. The van der Waals surface area contributed by atoms with E-state index in [1.165, 1.54) is 6.92 Å². The van der Waals surface area contributed by atoms with Crippen molar-refractivity contribution in [2.75, 3.05) is 4.72 Å². The monoisotopic (exact) mass is 334 g/mol. The number of primary sulfonamides is 1. The summed E-state index contributed by atoms with van der Waals surface area (Å²) >= 11 is 5.66. The summed E-state index contributed by atoms with van der Waals surface area (Å²) in [5, 5.41) is 4.52. The molecular formula is C8H9ClF2N2O4S2. The van der Waals surface area contributed by atoms with Gasteiger partial charge in [0.15, 0.2) is 0 Å². The minimum absolute atomic E-state index is 0.0424. The first-order chi connectivity index (χ1) is 8.45. The maximum Gasteiger partial charge on any atom is 0.355 e. The fourth-order valence-electron chi connectivity index (χ4n) is 1.19. The number of hydrogen-bond acceptors (Lipinski definition) is 4. The second-order valence-corrected chi connectivity index (χ2v) is 7.17. The molecule has 0 heterocycles. The summed E-state index contributed by atoms with van der Waals surface area (Å²) in [5.74, 6) is -3.64. The van der Waals surface area contributed by atoms with Crippen LogP contribution >= 0.6 is 11.6 Å². The standard InChI is InChI=1S/C8H9ClF2N2O4S2/c1-4-2-5(18(12,14)15)3-6(9)7(4)13-19(16,17)8(10)11/h2-3,8,13H,1H3,(H2,12,14,15). The van der Waals surface area contributed by atoms with Crippen molar-refractivity contribution in [2.45, 2.75) is 17.6 Å². The zero-order chi connectivity index (χ0) is 15.0. The van der Waals surface area contributed by atoms with Gasteiger partial charge in [-0.1, -0.05) is 11.6 Å². The second-order valence-electron chi connectivity index (χ2n) is 3.55. The van der Waals surface area contributed by atoms with E-state index in [0.717, 1.165) is 12.1 Å². The number of anilines is 1. The van der Waals surface area contributed by atoms with Crippen LogP contribution in [0.15, 0.2) is 17.0 Å². The van der Waals surface area contributed by atoms with E-state index in [9.17, 15) is 25.6 Å². The summed E-state index contributed by atoms with van der Waals surface area (Å²) in [7, 11) is -8.93. The lowest BCUT2D eigenvalue weighted by atomic mass is 10.2.